The fourth-order valence-corrected chi connectivity index (χ4v) is 3.01. The van der Waals surface area contributed by atoms with Gasteiger partial charge in [-0.25, -0.2) is 0 Å². The third kappa shape index (κ3) is 1.99. The number of halogens is 1. The third-order valence-electron chi connectivity index (χ3n) is 2.02. The Labute approximate surface area is 99.7 Å². The molecule has 0 unspecified atom stereocenters. The van der Waals surface area contributed by atoms with Crippen LogP contribution in [0.1, 0.15) is 10.6 Å². The van der Waals surface area contributed by atoms with Crippen LogP contribution >= 0.6 is 39.5 Å². The minimum absolute atomic E-state index is 0.784. The molecule has 2 heterocycles. The summed E-state index contributed by atoms with van der Waals surface area (Å²) in [5.41, 5.74) is 1.17. The Morgan fingerprint density at radius 3 is 2.86 bits per heavy atom. The lowest BCUT2D eigenvalue weighted by Crippen LogP contribution is -1.99. The summed E-state index contributed by atoms with van der Waals surface area (Å²) in [5.74, 6) is 0. The smallest absolute Gasteiger partial charge is 0.177 e. The number of nitrogens with one attached hydrogen (secondary N) is 1. The van der Waals surface area contributed by atoms with Crippen molar-refractivity contribution in [2.75, 3.05) is 0 Å². The zero-order valence-electron chi connectivity index (χ0n) is 7.58. The molecule has 2 nitrogen and oxygen atoms in total. The van der Waals surface area contributed by atoms with Gasteiger partial charge in [0.1, 0.15) is 0 Å². The van der Waals surface area contributed by atoms with Crippen LogP contribution in [0, 0.1) is 11.7 Å². The third-order valence-corrected chi connectivity index (χ3v) is 3.96. The van der Waals surface area contributed by atoms with E-state index in [0.29, 0.717) is 0 Å². The summed E-state index contributed by atoms with van der Waals surface area (Å²) in [6.07, 6.45) is 1.94. The number of nitrogens with zero attached hydrogens (tertiary/aromatic N) is 1. The summed E-state index contributed by atoms with van der Waals surface area (Å²) in [5, 5.41) is 0. The maximum absolute atomic E-state index is 5.18. The molecule has 0 atom stereocenters. The Bertz CT molecular complexity index is 495. The van der Waals surface area contributed by atoms with Crippen LogP contribution in [0.4, 0.5) is 0 Å². The Morgan fingerprint density at radius 1 is 1.57 bits per heavy atom. The van der Waals surface area contributed by atoms with Gasteiger partial charge in [0.2, 0.25) is 0 Å². The molecule has 74 valence electrons. The predicted molar refractivity (Wildman–Crippen MR) is 65.5 cm³/mol. The quantitative estimate of drug-likeness (QED) is 0.836. The average molecular weight is 289 g/mol. The van der Waals surface area contributed by atoms with E-state index >= 15 is 0 Å². The first kappa shape index (κ1) is 10.1. The van der Waals surface area contributed by atoms with Gasteiger partial charge >= 0.3 is 0 Å². The molecule has 0 spiro atoms. The number of aromatic amines is 1. The van der Waals surface area contributed by atoms with Crippen molar-refractivity contribution in [2.45, 2.75) is 13.5 Å². The highest BCUT2D eigenvalue weighted by Gasteiger charge is 2.02. The molecule has 0 fully saturated rings. The molecule has 0 amide bonds. The van der Waals surface area contributed by atoms with E-state index in [4.69, 9.17) is 12.2 Å². The number of aryl methyl sites for hydroxylation is 1. The van der Waals surface area contributed by atoms with E-state index in [9.17, 15) is 0 Å². The van der Waals surface area contributed by atoms with Gasteiger partial charge in [-0.1, -0.05) is 0 Å². The molecule has 0 saturated carbocycles. The second-order valence-corrected chi connectivity index (χ2v) is 5.96. The minimum Gasteiger partial charge on any atom is -0.337 e. The van der Waals surface area contributed by atoms with Crippen LogP contribution < -0.4 is 0 Å². The minimum atomic E-state index is 0.784. The Morgan fingerprint density at radius 2 is 2.36 bits per heavy atom. The first-order valence-electron chi connectivity index (χ1n) is 4.16. The number of thiophene rings is 1. The van der Waals surface area contributed by atoms with Gasteiger partial charge in [0, 0.05) is 16.8 Å². The van der Waals surface area contributed by atoms with Crippen LogP contribution in [0.2, 0.25) is 0 Å². The Kier molecular flexibility index (Phi) is 2.90. The van der Waals surface area contributed by atoms with Gasteiger partial charge < -0.3 is 9.55 Å². The van der Waals surface area contributed by atoms with Gasteiger partial charge in [0.05, 0.1) is 10.3 Å². The number of hydrogen-bond donors (Lipinski definition) is 1. The highest BCUT2D eigenvalue weighted by Crippen LogP contribution is 2.23. The maximum atomic E-state index is 5.18. The van der Waals surface area contributed by atoms with Gasteiger partial charge in [0.25, 0.3) is 0 Å². The molecule has 0 bridgehead atoms. The molecule has 0 radical (unpaired) electrons. The van der Waals surface area contributed by atoms with Crippen LogP contribution in [-0.4, -0.2) is 9.55 Å². The summed E-state index contributed by atoms with van der Waals surface area (Å²) in [6, 6.07) is 4.18. The van der Waals surface area contributed by atoms with E-state index < -0.39 is 0 Å². The van der Waals surface area contributed by atoms with E-state index in [-0.39, 0.29) is 0 Å². The monoisotopic (exact) mass is 288 g/mol. The molecule has 2 rings (SSSR count). The number of aromatic nitrogens is 2. The molecule has 0 aromatic carbocycles. The van der Waals surface area contributed by atoms with Gasteiger partial charge in [-0.05, 0) is 47.2 Å². The predicted octanol–water partition coefficient (Wildman–Crippen LogP) is 3.73. The SMILES string of the molecule is Cc1c[nH]c(=S)n1Cc1ccc(Br)s1. The lowest BCUT2D eigenvalue weighted by atomic mass is 10.4. The topological polar surface area (TPSA) is 20.7 Å². The van der Waals surface area contributed by atoms with Crippen LogP contribution in [0.5, 0.6) is 0 Å². The number of hydrogen-bond acceptors (Lipinski definition) is 2. The van der Waals surface area contributed by atoms with Crippen LogP contribution in [0.3, 0.4) is 0 Å². The molecule has 2 aromatic heterocycles. The summed E-state index contributed by atoms with van der Waals surface area (Å²) >= 11 is 10.4. The van der Waals surface area contributed by atoms with Gasteiger partial charge in [0.15, 0.2) is 4.77 Å². The average Bonchev–Trinajstić information content (AvgIpc) is 2.67. The fraction of sp³-hybridized carbons (Fsp3) is 0.222. The molecular formula is C9H9BrN2S2. The zero-order valence-corrected chi connectivity index (χ0v) is 10.8. The lowest BCUT2D eigenvalue weighted by molar-refractivity contribution is 0.768. The van der Waals surface area contributed by atoms with Crippen molar-refractivity contribution in [3.8, 4) is 0 Å². The summed E-state index contributed by atoms with van der Waals surface area (Å²) in [6.45, 7) is 2.90. The summed E-state index contributed by atoms with van der Waals surface area (Å²) in [4.78, 5) is 4.34. The zero-order chi connectivity index (χ0) is 10.1. The normalized spacial score (nSPS) is 10.7. The molecule has 0 aliphatic heterocycles. The molecule has 1 N–H and O–H groups in total. The van der Waals surface area contributed by atoms with Crippen molar-refractivity contribution in [3.05, 3.63) is 37.5 Å². The summed E-state index contributed by atoms with van der Waals surface area (Å²) in [7, 11) is 0. The highest BCUT2D eigenvalue weighted by molar-refractivity contribution is 9.11. The van der Waals surface area contributed by atoms with Gasteiger partial charge in [-0.15, -0.1) is 11.3 Å². The van der Waals surface area contributed by atoms with Crippen molar-refractivity contribution < 1.29 is 0 Å². The maximum Gasteiger partial charge on any atom is 0.177 e. The number of imidazole rings is 1. The first-order valence-corrected chi connectivity index (χ1v) is 6.17. The lowest BCUT2D eigenvalue weighted by Gasteiger charge is -2.01. The van der Waals surface area contributed by atoms with Gasteiger partial charge in [-0.3, -0.25) is 0 Å². The number of rotatable bonds is 2. The van der Waals surface area contributed by atoms with E-state index in [0.717, 1.165) is 15.1 Å². The van der Waals surface area contributed by atoms with E-state index in [1.807, 2.05) is 6.20 Å². The van der Waals surface area contributed by atoms with E-state index in [2.05, 4.69) is 44.5 Å². The second-order valence-electron chi connectivity index (χ2n) is 3.03. The molecule has 0 saturated heterocycles. The largest absolute Gasteiger partial charge is 0.337 e. The van der Waals surface area contributed by atoms with Gasteiger partial charge in [-0.2, -0.15) is 0 Å². The highest BCUT2D eigenvalue weighted by atomic mass is 79.9. The van der Waals surface area contributed by atoms with Crippen molar-refractivity contribution in [2.24, 2.45) is 0 Å². The molecule has 14 heavy (non-hydrogen) atoms. The van der Waals surface area contributed by atoms with Crippen LogP contribution in [-0.2, 0) is 6.54 Å². The molecular weight excluding hydrogens is 280 g/mol. The van der Waals surface area contributed by atoms with Crippen molar-refractivity contribution in [3.63, 3.8) is 0 Å². The van der Waals surface area contributed by atoms with Crippen LogP contribution in [0.25, 0.3) is 0 Å². The Balaban J connectivity index is 2.31. The fourth-order valence-electron chi connectivity index (χ4n) is 1.27. The molecule has 0 aliphatic rings. The molecule has 2 aromatic rings. The van der Waals surface area contributed by atoms with E-state index in [1.165, 1.54) is 10.6 Å². The number of H-pyrrole nitrogens is 1. The standard InChI is InChI=1S/C9H9BrN2S2/c1-6-4-11-9(13)12(6)5-7-2-3-8(10)14-7/h2-4H,5H2,1H3,(H,11,13). The second kappa shape index (κ2) is 4.00. The molecule has 0 aliphatic carbocycles. The van der Waals surface area contributed by atoms with E-state index in [1.54, 1.807) is 11.3 Å². The van der Waals surface area contributed by atoms with Crippen molar-refractivity contribution >= 4 is 39.5 Å². The van der Waals surface area contributed by atoms with Crippen molar-refractivity contribution in [1.29, 1.82) is 0 Å². The van der Waals surface area contributed by atoms with Crippen LogP contribution in [0.15, 0.2) is 22.1 Å². The van der Waals surface area contributed by atoms with Crippen molar-refractivity contribution in [1.82, 2.24) is 9.55 Å². The summed E-state index contributed by atoms with van der Waals surface area (Å²) < 4.78 is 4.03. The molecule has 5 heteroatoms. The first-order chi connectivity index (χ1) is 6.66. The Hall–Kier alpha value is -0.390.